The lowest BCUT2D eigenvalue weighted by Gasteiger charge is -2.25. The summed E-state index contributed by atoms with van der Waals surface area (Å²) in [5.74, 6) is 1.08. The van der Waals surface area contributed by atoms with E-state index in [0.29, 0.717) is 34.6 Å². The first-order valence-electron chi connectivity index (χ1n) is 9.79. The van der Waals surface area contributed by atoms with E-state index in [1.165, 1.54) is 0 Å². The highest BCUT2D eigenvalue weighted by molar-refractivity contribution is 6.30. The van der Waals surface area contributed by atoms with Gasteiger partial charge in [-0.2, -0.15) is 5.26 Å². The van der Waals surface area contributed by atoms with Crippen molar-refractivity contribution >= 4 is 11.6 Å². The molecule has 1 aliphatic rings. The number of aromatic nitrogens is 2. The highest BCUT2D eigenvalue weighted by atomic mass is 35.5. The van der Waals surface area contributed by atoms with Crippen LogP contribution >= 0.6 is 11.6 Å². The Hall–Kier alpha value is -3.63. The lowest BCUT2D eigenvalue weighted by molar-refractivity contribution is 0.294. The number of hydrogen-bond acceptors (Lipinski definition) is 6. The molecule has 3 N–H and O–H groups in total. The molecular weight excluding hydrogens is 416 g/mol. The van der Waals surface area contributed by atoms with Gasteiger partial charge in [-0.05, 0) is 36.2 Å². The number of nitriles is 1. The Bertz CT molecular complexity index is 1180. The van der Waals surface area contributed by atoms with Gasteiger partial charge in [0.2, 0.25) is 11.8 Å². The third-order valence-corrected chi connectivity index (χ3v) is 5.31. The molecule has 7 nitrogen and oxygen atoms in total. The zero-order chi connectivity index (χ0) is 22.0. The highest BCUT2D eigenvalue weighted by Crippen LogP contribution is 2.47. The molecule has 158 valence electrons. The van der Waals surface area contributed by atoms with Crippen molar-refractivity contribution in [3.05, 3.63) is 70.1 Å². The zero-order valence-electron chi connectivity index (χ0n) is 17.1. The van der Waals surface area contributed by atoms with Gasteiger partial charge < -0.3 is 19.9 Å². The van der Waals surface area contributed by atoms with Crippen LogP contribution in [0.25, 0.3) is 11.3 Å². The van der Waals surface area contributed by atoms with Crippen molar-refractivity contribution in [3.63, 3.8) is 0 Å². The molecule has 8 heteroatoms. The number of H-pyrrole nitrogens is 1. The van der Waals surface area contributed by atoms with E-state index < -0.39 is 5.92 Å². The summed E-state index contributed by atoms with van der Waals surface area (Å²) in [4.78, 5) is 0. The number of allylic oxidation sites excluding steroid dienone is 1. The van der Waals surface area contributed by atoms with Crippen LogP contribution in [0.5, 0.6) is 17.4 Å². The average molecular weight is 437 g/mol. The molecule has 0 aliphatic carbocycles. The maximum Gasteiger partial charge on any atom is 0.244 e. The van der Waals surface area contributed by atoms with Crippen LogP contribution in [0.1, 0.15) is 30.4 Å². The zero-order valence-corrected chi connectivity index (χ0v) is 17.9. The summed E-state index contributed by atoms with van der Waals surface area (Å²) in [5.41, 5.74) is 9.51. The third kappa shape index (κ3) is 3.78. The summed E-state index contributed by atoms with van der Waals surface area (Å²) in [5, 5.41) is 17.8. The number of benzene rings is 2. The minimum absolute atomic E-state index is 0.0287. The van der Waals surface area contributed by atoms with Gasteiger partial charge in [-0.3, -0.25) is 5.10 Å². The predicted octanol–water partition coefficient (Wildman–Crippen LogP) is 4.75. The van der Waals surface area contributed by atoms with E-state index >= 15 is 0 Å². The topological polar surface area (TPSA) is 106 Å². The van der Waals surface area contributed by atoms with Crippen LogP contribution in [0.15, 0.2) is 53.9 Å². The van der Waals surface area contributed by atoms with Gasteiger partial charge in [0.05, 0.1) is 30.9 Å². The Labute approximate surface area is 185 Å². The van der Waals surface area contributed by atoms with Gasteiger partial charge >= 0.3 is 0 Å². The first kappa shape index (κ1) is 20.6. The summed E-state index contributed by atoms with van der Waals surface area (Å²) >= 11 is 6.05. The van der Waals surface area contributed by atoms with Crippen molar-refractivity contribution in [2.75, 3.05) is 13.7 Å². The second kappa shape index (κ2) is 8.62. The minimum atomic E-state index is -0.493. The van der Waals surface area contributed by atoms with E-state index in [0.717, 1.165) is 28.8 Å². The fraction of sp³-hybridized carbons (Fsp3) is 0.217. The van der Waals surface area contributed by atoms with Crippen LogP contribution in [0.2, 0.25) is 5.02 Å². The Balaban J connectivity index is 1.89. The molecule has 0 amide bonds. The van der Waals surface area contributed by atoms with E-state index in [1.54, 1.807) is 19.2 Å². The lowest BCUT2D eigenvalue weighted by atomic mass is 9.83. The number of fused-ring (bicyclic) bond motifs is 1. The molecular formula is C23H21ClN4O3. The highest BCUT2D eigenvalue weighted by Gasteiger charge is 2.36. The SMILES string of the molecule is CCCOc1cc(C2C(C#N)=C(N)Oc3n[nH]c(-c4ccc(Cl)cc4)c32)ccc1OC. The summed E-state index contributed by atoms with van der Waals surface area (Å²) in [6.07, 6.45) is 0.855. The van der Waals surface area contributed by atoms with Crippen molar-refractivity contribution in [2.24, 2.45) is 5.73 Å². The Morgan fingerprint density at radius 3 is 2.68 bits per heavy atom. The fourth-order valence-electron chi connectivity index (χ4n) is 3.61. The van der Waals surface area contributed by atoms with Gasteiger partial charge in [0.1, 0.15) is 11.6 Å². The van der Waals surface area contributed by atoms with Crippen molar-refractivity contribution in [3.8, 4) is 34.7 Å². The Morgan fingerprint density at radius 1 is 1.23 bits per heavy atom. The van der Waals surface area contributed by atoms with Crippen molar-refractivity contribution in [1.29, 1.82) is 5.26 Å². The van der Waals surface area contributed by atoms with Gasteiger partial charge in [0.15, 0.2) is 11.5 Å². The molecule has 31 heavy (non-hydrogen) atoms. The number of nitrogens with one attached hydrogen (secondary N) is 1. The van der Waals surface area contributed by atoms with Crippen molar-refractivity contribution < 1.29 is 14.2 Å². The molecule has 1 aliphatic heterocycles. The normalized spacial score (nSPS) is 15.1. The molecule has 0 bridgehead atoms. The fourth-order valence-corrected chi connectivity index (χ4v) is 3.74. The quantitative estimate of drug-likeness (QED) is 0.577. The Kier molecular flexibility index (Phi) is 5.74. The minimum Gasteiger partial charge on any atom is -0.493 e. The largest absolute Gasteiger partial charge is 0.493 e. The van der Waals surface area contributed by atoms with Crippen molar-refractivity contribution in [2.45, 2.75) is 19.3 Å². The number of aromatic amines is 1. The molecule has 3 aromatic rings. The molecule has 2 heterocycles. The Morgan fingerprint density at radius 2 is 2.00 bits per heavy atom. The smallest absolute Gasteiger partial charge is 0.244 e. The molecule has 1 unspecified atom stereocenters. The second-order valence-corrected chi connectivity index (χ2v) is 7.44. The van der Waals surface area contributed by atoms with Gasteiger partial charge in [0.25, 0.3) is 0 Å². The van der Waals surface area contributed by atoms with E-state index in [4.69, 9.17) is 31.5 Å². The van der Waals surface area contributed by atoms with Crippen LogP contribution in [0.4, 0.5) is 0 Å². The lowest BCUT2D eigenvalue weighted by Crippen LogP contribution is -2.21. The molecule has 0 fully saturated rings. The van der Waals surface area contributed by atoms with Crippen LogP contribution in [-0.2, 0) is 0 Å². The summed E-state index contributed by atoms with van der Waals surface area (Å²) in [7, 11) is 1.59. The average Bonchev–Trinajstić information content (AvgIpc) is 3.20. The van der Waals surface area contributed by atoms with E-state index in [9.17, 15) is 5.26 Å². The molecule has 1 aromatic heterocycles. The van der Waals surface area contributed by atoms with E-state index in [2.05, 4.69) is 16.3 Å². The standard InChI is InChI=1S/C23H21ClN4O3/c1-3-10-30-18-11-14(6-9-17(18)29-2)19-16(12-25)22(26)31-23-20(19)21(27-28-23)13-4-7-15(24)8-5-13/h4-9,11,19H,3,10,26H2,1-2H3,(H,27,28). The molecule has 1 atom stereocenters. The van der Waals surface area contributed by atoms with E-state index in [-0.39, 0.29) is 5.88 Å². The van der Waals surface area contributed by atoms with Gasteiger partial charge in [-0.1, -0.05) is 36.7 Å². The number of rotatable bonds is 6. The van der Waals surface area contributed by atoms with Crippen molar-refractivity contribution in [1.82, 2.24) is 10.2 Å². The van der Waals surface area contributed by atoms with Gasteiger partial charge in [0, 0.05) is 10.6 Å². The van der Waals surface area contributed by atoms with Crippen LogP contribution in [0.3, 0.4) is 0 Å². The molecule has 0 saturated carbocycles. The maximum absolute atomic E-state index is 9.89. The van der Waals surface area contributed by atoms with Crippen LogP contribution in [0, 0.1) is 11.3 Å². The predicted molar refractivity (Wildman–Crippen MR) is 117 cm³/mol. The van der Waals surface area contributed by atoms with Crippen LogP contribution < -0.4 is 19.9 Å². The molecule has 0 radical (unpaired) electrons. The number of nitrogens with zero attached hydrogens (tertiary/aromatic N) is 2. The molecule has 0 saturated heterocycles. The third-order valence-electron chi connectivity index (χ3n) is 5.05. The van der Waals surface area contributed by atoms with E-state index in [1.807, 2.05) is 37.3 Å². The second-order valence-electron chi connectivity index (χ2n) is 7.01. The number of ether oxygens (including phenoxy) is 3. The molecule has 0 spiro atoms. The summed E-state index contributed by atoms with van der Waals surface area (Å²) in [6.45, 7) is 2.58. The van der Waals surface area contributed by atoms with Gasteiger partial charge in [-0.15, -0.1) is 5.10 Å². The van der Waals surface area contributed by atoms with Crippen LogP contribution in [-0.4, -0.2) is 23.9 Å². The first-order chi connectivity index (χ1) is 15.1. The monoisotopic (exact) mass is 436 g/mol. The maximum atomic E-state index is 9.89. The summed E-state index contributed by atoms with van der Waals surface area (Å²) < 4.78 is 17.0. The number of halogens is 1. The number of methoxy groups -OCH3 is 1. The molecule has 2 aromatic carbocycles. The first-order valence-corrected chi connectivity index (χ1v) is 10.2. The summed E-state index contributed by atoms with van der Waals surface area (Å²) in [6, 6.07) is 15.1. The molecule has 4 rings (SSSR count). The van der Waals surface area contributed by atoms with Gasteiger partial charge in [-0.25, -0.2) is 0 Å². The number of hydrogen-bond donors (Lipinski definition) is 2. The number of nitrogens with two attached hydrogens (primary N) is 1.